The van der Waals surface area contributed by atoms with E-state index in [9.17, 15) is 34.8 Å². The number of aliphatic hydroxyl groups excluding tert-OH is 2. The second-order valence-corrected chi connectivity index (χ2v) is 10.0. The van der Waals surface area contributed by atoms with Crippen molar-refractivity contribution in [3.05, 3.63) is 46.2 Å². The molecule has 0 bridgehead atoms. The maximum absolute atomic E-state index is 13.9. The van der Waals surface area contributed by atoms with Gasteiger partial charge < -0.3 is 20.4 Å². The number of fused-ring (bicyclic) bond motifs is 3. The minimum absolute atomic E-state index is 0.0741. The number of Topliss-reactive ketones (excluding diaryl/α,β-unsaturated/α-hetero) is 3. The summed E-state index contributed by atoms with van der Waals surface area (Å²) in [5.41, 5.74) is -5.77. The highest BCUT2D eigenvalue weighted by atomic mass is 16.3. The lowest BCUT2D eigenvalue weighted by molar-refractivity contribution is -0.168. The predicted octanol–water partition coefficient (Wildman–Crippen LogP) is 3.04. The summed E-state index contributed by atoms with van der Waals surface area (Å²) in [6.45, 7) is 8.16. The number of phenols is 1. The van der Waals surface area contributed by atoms with Crippen LogP contribution in [0.1, 0.15) is 58.6 Å². The Morgan fingerprint density at radius 3 is 2.23 bits per heavy atom. The van der Waals surface area contributed by atoms with Gasteiger partial charge >= 0.3 is 0 Å². The van der Waals surface area contributed by atoms with E-state index < -0.39 is 56.3 Å². The van der Waals surface area contributed by atoms with Crippen molar-refractivity contribution in [1.82, 2.24) is 0 Å². The van der Waals surface area contributed by atoms with Crippen molar-refractivity contribution in [2.75, 3.05) is 0 Å². The summed E-state index contributed by atoms with van der Waals surface area (Å²) >= 11 is 0. The molecule has 4 N–H and O–H groups in total. The first-order valence-corrected chi connectivity index (χ1v) is 10.2. The van der Waals surface area contributed by atoms with Crippen LogP contribution in [0, 0.1) is 10.8 Å². The molecule has 1 fully saturated rings. The van der Waals surface area contributed by atoms with Gasteiger partial charge in [0.2, 0.25) is 5.78 Å². The van der Waals surface area contributed by atoms with Crippen LogP contribution in [-0.2, 0) is 19.8 Å². The molecule has 31 heavy (non-hydrogen) atoms. The monoisotopic (exact) mass is 426 g/mol. The smallest absolute Gasteiger partial charge is 0.203 e. The van der Waals surface area contributed by atoms with Crippen molar-refractivity contribution in [1.29, 1.82) is 0 Å². The number of allylic oxidation sites excluding steroid dienone is 1. The van der Waals surface area contributed by atoms with Gasteiger partial charge in [0.15, 0.2) is 17.2 Å². The number of hydrogen-bond acceptors (Lipinski definition) is 7. The van der Waals surface area contributed by atoms with Crippen molar-refractivity contribution in [3.63, 3.8) is 0 Å². The Kier molecular flexibility index (Phi) is 4.02. The van der Waals surface area contributed by atoms with Gasteiger partial charge in [-0.15, -0.1) is 0 Å². The number of phenolic OH excluding ortho intramolecular Hbond substituents is 1. The van der Waals surface area contributed by atoms with Crippen LogP contribution < -0.4 is 0 Å². The summed E-state index contributed by atoms with van der Waals surface area (Å²) in [7, 11) is 0. The quantitative estimate of drug-likeness (QED) is 0.507. The number of ketones is 3. The number of hydrogen-bond donors (Lipinski definition) is 4. The third kappa shape index (κ3) is 2.19. The second kappa shape index (κ2) is 5.85. The molecular weight excluding hydrogens is 400 g/mol. The van der Waals surface area contributed by atoms with E-state index in [1.807, 2.05) is 13.8 Å². The van der Waals surface area contributed by atoms with Crippen molar-refractivity contribution < 1.29 is 34.8 Å². The fourth-order valence-electron chi connectivity index (χ4n) is 6.04. The predicted molar refractivity (Wildman–Crippen MR) is 111 cm³/mol. The lowest BCUT2D eigenvalue weighted by atomic mass is 9.42. The van der Waals surface area contributed by atoms with E-state index in [1.54, 1.807) is 26.0 Å². The SMILES string of the molecule is CC(=O)C1=C(O)[C@]2(O)C(=O)C3=C(O)c4c(O)cccc4C(C)(C)[C@]3(C)C[C@]2(C)CC1=O. The molecule has 4 rings (SSSR count). The van der Waals surface area contributed by atoms with E-state index >= 15 is 0 Å². The first-order valence-electron chi connectivity index (χ1n) is 10.2. The summed E-state index contributed by atoms with van der Waals surface area (Å²) in [4.78, 5) is 38.6. The highest BCUT2D eigenvalue weighted by molar-refractivity contribution is 6.23. The number of carbonyl (C=O) groups is 3. The fraction of sp³-hybridized carbons (Fsp3) is 0.458. The summed E-state index contributed by atoms with van der Waals surface area (Å²) in [6, 6.07) is 4.81. The standard InChI is InChI=1S/C24H26O7/c1-11(25)15-14(27)9-22(4)10-23(5)17(20(30)24(22,31)19(15)29)18(28)16-12(21(23,2)3)7-6-8-13(16)26/h6-8,26,28-29,31H,9-10H2,1-5H3/t22-,23+,24-/m0/s1. The maximum Gasteiger partial charge on any atom is 0.203 e. The van der Waals surface area contributed by atoms with Gasteiger partial charge in [-0.1, -0.05) is 39.8 Å². The number of rotatable bonds is 1. The molecule has 0 saturated heterocycles. The average Bonchev–Trinajstić information content (AvgIpc) is 2.63. The van der Waals surface area contributed by atoms with Crippen LogP contribution in [0.3, 0.4) is 0 Å². The van der Waals surface area contributed by atoms with Gasteiger partial charge in [-0.25, -0.2) is 0 Å². The molecule has 3 atom stereocenters. The largest absolute Gasteiger partial charge is 0.508 e. The minimum Gasteiger partial charge on any atom is -0.508 e. The van der Waals surface area contributed by atoms with Gasteiger partial charge in [0.05, 0.1) is 5.56 Å². The third-order valence-electron chi connectivity index (χ3n) is 8.05. The van der Waals surface area contributed by atoms with Crippen LogP contribution in [0.2, 0.25) is 0 Å². The lowest BCUT2D eigenvalue weighted by Crippen LogP contribution is -2.67. The molecule has 0 amide bonds. The lowest BCUT2D eigenvalue weighted by Gasteiger charge is -2.61. The molecule has 164 valence electrons. The van der Waals surface area contributed by atoms with Crippen LogP contribution in [0.4, 0.5) is 0 Å². The molecule has 0 aliphatic heterocycles. The molecule has 1 saturated carbocycles. The van der Waals surface area contributed by atoms with E-state index in [-0.39, 0.29) is 29.7 Å². The zero-order chi connectivity index (χ0) is 23.3. The Balaban J connectivity index is 2.11. The van der Waals surface area contributed by atoms with E-state index in [2.05, 4.69) is 0 Å². The molecule has 1 aromatic rings. The Morgan fingerprint density at radius 1 is 1.03 bits per heavy atom. The first-order chi connectivity index (χ1) is 14.1. The number of aromatic hydroxyl groups is 1. The molecule has 7 nitrogen and oxygen atoms in total. The van der Waals surface area contributed by atoms with Crippen molar-refractivity contribution in [3.8, 4) is 5.75 Å². The molecule has 1 aromatic carbocycles. The minimum atomic E-state index is -2.55. The van der Waals surface area contributed by atoms with E-state index in [1.165, 1.54) is 6.07 Å². The number of carbonyl (C=O) groups excluding carboxylic acids is 3. The number of benzene rings is 1. The Bertz CT molecular complexity index is 1150. The van der Waals surface area contributed by atoms with E-state index in [4.69, 9.17) is 0 Å². The van der Waals surface area contributed by atoms with Crippen LogP contribution in [0.15, 0.2) is 35.1 Å². The van der Waals surface area contributed by atoms with Gasteiger partial charge in [0.1, 0.15) is 22.8 Å². The van der Waals surface area contributed by atoms with Crippen molar-refractivity contribution in [2.45, 2.75) is 58.5 Å². The van der Waals surface area contributed by atoms with Gasteiger partial charge in [-0.2, -0.15) is 0 Å². The summed E-state index contributed by atoms with van der Waals surface area (Å²) in [5.74, 6) is -3.99. The van der Waals surface area contributed by atoms with E-state index in [0.717, 1.165) is 6.92 Å². The summed E-state index contributed by atoms with van der Waals surface area (Å²) in [5, 5.41) is 44.1. The topological polar surface area (TPSA) is 132 Å². The molecule has 3 aliphatic carbocycles. The van der Waals surface area contributed by atoms with E-state index in [0.29, 0.717) is 5.56 Å². The average molecular weight is 426 g/mol. The third-order valence-corrected chi connectivity index (χ3v) is 8.05. The molecule has 3 aliphatic rings. The Morgan fingerprint density at radius 2 is 1.65 bits per heavy atom. The highest BCUT2D eigenvalue weighted by Gasteiger charge is 2.71. The van der Waals surface area contributed by atoms with Gasteiger partial charge in [-0.05, 0) is 25.0 Å². The van der Waals surface area contributed by atoms with Crippen LogP contribution in [0.25, 0.3) is 5.76 Å². The summed E-state index contributed by atoms with van der Waals surface area (Å²) in [6.07, 6.45) is -0.231. The highest BCUT2D eigenvalue weighted by Crippen LogP contribution is 2.67. The molecule has 0 heterocycles. The molecule has 7 heteroatoms. The molecule has 0 spiro atoms. The summed E-state index contributed by atoms with van der Waals surface area (Å²) < 4.78 is 0. The maximum atomic E-state index is 13.9. The van der Waals surface area contributed by atoms with Crippen molar-refractivity contribution >= 4 is 23.1 Å². The van der Waals surface area contributed by atoms with Crippen LogP contribution >= 0.6 is 0 Å². The number of aliphatic hydroxyl groups is 3. The zero-order valence-corrected chi connectivity index (χ0v) is 18.2. The van der Waals surface area contributed by atoms with Crippen molar-refractivity contribution in [2.24, 2.45) is 10.8 Å². The zero-order valence-electron chi connectivity index (χ0n) is 18.2. The molecule has 0 aromatic heterocycles. The normalized spacial score (nSPS) is 34.3. The van der Waals surface area contributed by atoms with Gasteiger partial charge in [0, 0.05) is 28.2 Å². The van der Waals surface area contributed by atoms with Crippen LogP contribution in [-0.4, -0.2) is 43.4 Å². The second-order valence-electron chi connectivity index (χ2n) is 10.0. The Labute approximate surface area is 179 Å². The molecule has 0 unspecified atom stereocenters. The molecular formula is C24H26O7. The Hall–Kier alpha value is -2.93. The first kappa shape index (κ1) is 21.3. The van der Waals surface area contributed by atoms with Crippen LogP contribution in [0.5, 0.6) is 5.75 Å². The fourth-order valence-corrected chi connectivity index (χ4v) is 6.04. The molecule has 0 radical (unpaired) electrons. The van der Waals surface area contributed by atoms with Gasteiger partial charge in [-0.3, -0.25) is 14.4 Å². The van der Waals surface area contributed by atoms with Gasteiger partial charge in [0.25, 0.3) is 0 Å².